The number of imidazole rings is 1. The van der Waals surface area contributed by atoms with Crippen molar-refractivity contribution < 1.29 is 14.3 Å². The molecular formula is C24H27N3O3. The molecule has 0 saturated carbocycles. The van der Waals surface area contributed by atoms with E-state index >= 15 is 0 Å². The van der Waals surface area contributed by atoms with E-state index in [1.54, 1.807) is 19.3 Å². The molecule has 6 nitrogen and oxygen atoms in total. The van der Waals surface area contributed by atoms with Gasteiger partial charge < -0.3 is 19.8 Å². The van der Waals surface area contributed by atoms with Crippen LogP contribution in [0, 0.1) is 5.92 Å². The molecule has 0 saturated heterocycles. The predicted octanol–water partition coefficient (Wildman–Crippen LogP) is 4.66. The highest BCUT2D eigenvalue weighted by molar-refractivity contribution is 5.92. The lowest BCUT2D eigenvalue weighted by molar-refractivity contribution is -0.117. The van der Waals surface area contributed by atoms with Gasteiger partial charge in [-0.15, -0.1) is 0 Å². The summed E-state index contributed by atoms with van der Waals surface area (Å²) in [7, 11) is 1.58. The number of carbonyl (C=O) groups is 1. The number of aromatic nitrogens is 2. The fourth-order valence-electron chi connectivity index (χ4n) is 3.10. The summed E-state index contributed by atoms with van der Waals surface area (Å²) >= 11 is 0. The number of fused-ring (bicyclic) bond motifs is 1. The van der Waals surface area contributed by atoms with Gasteiger partial charge in [-0.1, -0.05) is 44.7 Å². The van der Waals surface area contributed by atoms with Gasteiger partial charge >= 0.3 is 0 Å². The molecule has 3 aromatic rings. The number of aromatic amines is 1. The summed E-state index contributed by atoms with van der Waals surface area (Å²) < 4.78 is 10.9. The van der Waals surface area contributed by atoms with Crippen LogP contribution in [0.5, 0.6) is 11.5 Å². The third kappa shape index (κ3) is 5.08. The summed E-state index contributed by atoms with van der Waals surface area (Å²) in [6.07, 6.45) is 4.92. The lowest BCUT2D eigenvalue weighted by atomic mass is 10.0. The zero-order valence-corrected chi connectivity index (χ0v) is 17.5. The number of para-hydroxylation sites is 2. The molecule has 1 heterocycles. The minimum atomic E-state index is -0.223. The van der Waals surface area contributed by atoms with Gasteiger partial charge in [0.25, 0.3) is 0 Å². The molecule has 1 amide bonds. The molecule has 0 fully saturated rings. The SMILES string of the molecule is C=CCOc1ccc(C=CC(=O)N[C@H](c2nc3ccccc3[nH]2)C(C)C)cc1OC. The Hall–Kier alpha value is -3.54. The minimum Gasteiger partial charge on any atom is -0.493 e. The first-order valence-corrected chi connectivity index (χ1v) is 9.86. The van der Waals surface area contributed by atoms with E-state index in [1.807, 2.05) is 42.5 Å². The van der Waals surface area contributed by atoms with Gasteiger partial charge in [-0.2, -0.15) is 0 Å². The third-order valence-corrected chi connectivity index (χ3v) is 4.64. The molecule has 0 unspecified atom stereocenters. The maximum absolute atomic E-state index is 12.6. The Labute approximate surface area is 176 Å². The molecule has 3 rings (SSSR count). The first-order chi connectivity index (χ1) is 14.5. The molecule has 2 aromatic carbocycles. The van der Waals surface area contributed by atoms with Gasteiger partial charge in [-0.3, -0.25) is 4.79 Å². The van der Waals surface area contributed by atoms with Gasteiger partial charge in [-0.25, -0.2) is 4.98 Å². The predicted molar refractivity (Wildman–Crippen MR) is 120 cm³/mol. The molecule has 0 bridgehead atoms. The molecule has 1 atom stereocenters. The highest BCUT2D eigenvalue weighted by Crippen LogP contribution is 2.28. The molecule has 0 aliphatic carbocycles. The van der Waals surface area contributed by atoms with Crippen molar-refractivity contribution in [1.82, 2.24) is 15.3 Å². The van der Waals surface area contributed by atoms with Gasteiger partial charge in [0, 0.05) is 6.08 Å². The number of hydrogen-bond acceptors (Lipinski definition) is 4. The smallest absolute Gasteiger partial charge is 0.244 e. The summed E-state index contributed by atoms with van der Waals surface area (Å²) in [5.41, 5.74) is 2.67. The summed E-state index contributed by atoms with van der Waals surface area (Å²) in [5, 5.41) is 3.05. The van der Waals surface area contributed by atoms with E-state index < -0.39 is 0 Å². The third-order valence-electron chi connectivity index (χ3n) is 4.64. The van der Waals surface area contributed by atoms with Crippen LogP contribution < -0.4 is 14.8 Å². The van der Waals surface area contributed by atoms with Crippen molar-refractivity contribution in [1.29, 1.82) is 0 Å². The van der Waals surface area contributed by atoms with Crippen LogP contribution in [0.2, 0.25) is 0 Å². The van der Waals surface area contributed by atoms with Gasteiger partial charge in [0.05, 0.1) is 24.2 Å². The number of amides is 1. The highest BCUT2D eigenvalue weighted by atomic mass is 16.5. The normalized spacial score (nSPS) is 12.3. The fourth-order valence-corrected chi connectivity index (χ4v) is 3.10. The van der Waals surface area contributed by atoms with Gasteiger partial charge in [-0.05, 0) is 41.8 Å². The second kappa shape index (κ2) is 9.78. The first-order valence-electron chi connectivity index (χ1n) is 9.86. The van der Waals surface area contributed by atoms with E-state index in [1.165, 1.54) is 6.08 Å². The van der Waals surface area contributed by atoms with Crippen LogP contribution >= 0.6 is 0 Å². The number of hydrogen-bond donors (Lipinski definition) is 2. The van der Waals surface area contributed by atoms with Crippen molar-refractivity contribution >= 4 is 23.0 Å². The van der Waals surface area contributed by atoms with Crippen LogP contribution in [0.3, 0.4) is 0 Å². The number of carbonyl (C=O) groups excluding carboxylic acids is 1. The van der Waals surface area contributed by atoms with Crippen molar-refractivity contribution in [3.05, 3.63) is 72.6 Å². The Bertz CT molecular complexity index is 1020. The molecule has 156 valence electrons. The van der Waals surface area contributed by atoms with Crippen LogP contribution in [0.25, 0.3) is 17.1 Å². The maximum Gasteiger partial charge on any atom is 0.244 e. The average molecular weight is 405 g/mol. The van der Waals surface area contributed by atoms with Crippen LogP contribution in [-0.4, -0.2) is 29.6 Å². The maximum atomic E-state index is 12.6. The Morgan fingerprint density at radius 1 is 1.23 bits per heavy atom. The van der Waals surface area contributed by atoms with Gasteiger partial charge in [0.2, 0.25) is 5.91 Å². The number of ether oxygens (including phenoxy) is 2. The summed E-state index contributed by atoms with van der Waals surface area (Å²) in [4.78, 5) is 20.5. The quantitative estimate of drug-likeness (QED) is 0.401. The van der Waals surface area contributed by atoms with E-state index in [0.29, 0.717) is 18.1 Å². The lowest BCUT2D eigenvalue weighted by Gasteiger charge is -2.19. The van der Waals surface area contributed by atoms with Crippen molar-refractivity contribution in [2.24, 2.45) is 5.92 Å². The largest absolute Gasteiger partial charge is 0.493 e. The Balaban J connectivity index is 1.72. The van der Waals surface area contributed by atoms with E-state index in [0.717, 1.165) is 22.4 Å². The molecule has 0 spiro atoms. The Morgan fingerprint density at radius 3 is 2.73 bits per heavy atom. The van der Waals surface area contributed by atoms with Crippen LogP contribution in [0.4, 0.5) is 0 Å². The lowest BCUT2D eigenvalue weighted by Crippen LogP contribution is -2.31. The summed E-state index contributed by atoms with van der Waals surface area (Å²) in [6, 6.07) is 13.1. The van der Waals surface area contributed by atoms with Crippen molar-refractivity contribution in [3.63, 3.8) is 0 Å². The van der Waals surface area contributed by atoms with Gasteiger partial charge in [0.1, 0.15) is 12.4 Å². The molecule has 30 heavy (non-hydrogen) atoms. The minimum absolute atomic E-state index is 0.171. The number of nitrogens with zero attached hydrogens (tertiary/aromatic N) is 1. The molecule has 1 aromatic heterocycles. The fraction of sp³-hybridized carbons (Fsp3) is 0.250. The summed E-state index contributed by atoms with van der Waals surface area (Å²) in [5.74, 6) is 1.95. The zero-order chi connectivity index (χ0) is 21.5. The van der Waals surface area contributed by atoms with Crippen molar-refractivity contribution in [2.75, 3.05) is 13.7 Å². The van der Waals surface area contributed by atoms with Crippen LogP contribution in [0.1, 0.15) is 31.3 Å². The van der Waals surface area contributed by atoms with E-state index in [4.69, 9.17) is 9.47 Å². The van der Waals surface area contributed by atoms with Crippen molar-refractivity contribution in [2.45, 2.75) is 19.9 Å². The highest BCUT2D eigenvalue weighted by Gasteiger charge is 2.21. The van der Waals surface area contributed by atoms with Crippen LogP contribution in [0.15, 0.2) is 61.2 Å². The number of H-pyrrole nitrogens is 1. The molecule has 0 radical (unpaired) electrons. The van der Waals surface area contributed by atoms with E-state index in [-0.39, 0.29) is 17.9 Å². The zero-order valence-electron chi connectivity index (χ0n) is 17.5. The molecule has 0 aliphatic rings. The average Bonchev–Trinajstić information content (AvgIpc) is 3.18. The Morgan fingerprint density at radius 2 is 2.03 bits per heavy atom. The standard InChI is InChI=1S/C24H27N3O3/c1-5-14-30-20-12-10-17(15-21(20)29-4)11-13-22(28)27-23(16(2)3)24-25-18-8-6-7-9-19(18)26-24/h5-13,15-16,23H,1,14H2,2-4H3,(H,25,26)(H,27,28)/t23-/m0/s1. The second-order valence-electron chi connectivity index (χ2n) is 7.21. The molecular weight excluding hydrogens is 378 g/mol. The van der Waals surface area contributed by atoms with E-state index in [2.05, 4.69) is 35.7 Å². The number of benzene rings is 2. The molecule has 6 heteroatoms. The number of rotatable bonds is 9. The monoisotopic (exact) mass is 405 g/mol. The molecule has 2 N–H and O–H groups in total. The number of methoxy groups -OCH3 is 1. The summed E-state index contributed by atoms with van der Waals surface area (Å²) in [6.45, 7) is 8.14. The molecule has 0 aliphatic heterocycles. The Kier molecular flexibility index (Phi) is 6.91. The first kappa shape index (κ1) is 21.2. The second-order valence-corrected chi connectivity index (χ2v) is 7.21. The van der Waals surface area contributed by atoms with Crippen molar-refractivity contribution in [3.8, 4) is 11.5 Å². The van der Waals surface area contributed by atoms with E-state index in [9.17, 15) is 4.79 Å². The number of nitrogens with one attached hydrogen (secondary N) is 2. The van der Waals surface area contributed by atoms with Gasteiger partial charge in [0.15, 0.2) is 11.5 Å². The van der Waals surface area contributed by atoms with Crippen LogP contribution in [-0.2, 0) is 4.79 Å². The topological polar surface area (TPSA) is 76.2 Å².